The molecular formula is C56H109NO5. The number of ether oxygens (including phenoxy) is 1. The number of carbonyl (C=O) groups excluding carboxylic acids is 2. The molecule has 2 unspecified atom stereocenters. The fourth-order valence-corrected chi connectivity index (χ4v) is 8.75. The summed E-state index contributed by atoms with van der Waals surface area (Å²) < 4.78 is 5.49. The van der Waals surface area contributed by atoms with Crippen LogP contribution in [-0.2, 0) is 14.3 Å². The third-order valence-corrected chi connectivity index (χ3v) is 13.1. The lowest BCUT2D eigenvalue weighted by molar-refractivity contribution is -0.143. The number of allylic oxidation sites excluding steroid dienone is 2. The van der Waals surface area contributed by atoms with E-state index < -0.39 is 12.1 Å². The Morgan fingerprint density at radius 1 is 0.435 bits per heavy atom. The average molecular weight is 876 g/mol. The molecule has 0 aliphatic rings. The average Bonchev–Trinajstić information content (AvgIpc) is 3.27. The summed E-state index contributed by atoms with van der Waals surface area (Å²) in [5.41, 5.74) is 0. The molecule has 0 fully saturated rings. The first-order valence-corrected chi connectivity index (χ1v) is 27.9. The van der Waals surface area contributed by atoms with Gasteiger partial charge in [0.15, 0.2) is 0 Å². The van der Waals surface area contributed by atoms with E-state index in [-0.39, 0.29) is 18.5 Å². The van der Waals surface area contributed by atoms with Gasteiger partial charge in [-0.25, -0.2) is 0 Å². The van der Waals surface area contributed by atoms with E-state index in [0.717, 1.165) is 44.9 Å². The molecule has 1 amide bonds. The van der Waals surface area contributed by atoms with E-state index in [4.69, 9.17) is 4.74 Å². The molecular weight excluding hydrogens is 767 g/mol. The highest BCUT2D eigenvalue weighted by Crippen LogP contribution is 2.17. The number of unbranched alkanes of at least 4 members (excludes halogenated alkanes) is 39. The van der Waals surface area contributed by atoms with Gasteiger partial charge >= 0.3 is 5.97 Å². The number of hydrogen-bond acceptors (Lipinski definition) is 5. The molecule has 0 aromatic rings. The van der Waals surface area contributed by atoms with Crippen molar-refractivity contribution in [2.45, 2.75) is 321 Å². The van der Waals surface area contributed by atoms with Crippen molar-refractivity contribution in [1.29, 1.82) is 0 Å². The molecule has 0 spiro atoms. The largest absolute Gasteiger partial charge is 0.466 e. The zero-order valence-electron chi connectivity index (χ0n) is 41.9. The summed E-state index contributed by atoms with van der Waals surface area (Å²) in [7, 11) is 0. The zero-order valence-corrected chi connectivity index (χ0v) is 41.9. The van der Waals surface area contributed by atoms with Crippen LogP contribution < -0.4 is 5.32 Å². The predicted octanol–water partition coefficient (Wildman–Crippen LogP) is 16.9. The Bertz CT molecular complexity index is 924. The SMILES string of the molecule is CCCCCCCC/C=C\CCCCCCCCCCCC(=O)OCCCCCCCCCCCCCCCCCCCC(=O)NC(CO)C(O)CCCCCCCCCCC. The van der Waals surface area contributed by atoms with Crippen LogP contribution in [0.5, 0.6) is 0 Å². The maximum Gasteiger partial charge on any atom is 0.305 e. The first-order valence-electron chi connectivity index (χ1n) is 27.9. The Morgan fingerprint density at radius 2 is 0.758 bits per heavy atom. The lowest BCUT2D eigenvalue weighted by atomic mass is 10.0. The fourth-order valence-electron chi connectivity index (χ4n) is 8.75. The van der Waals surface area contributed by atoms with E-state index in [9.17, 15) is 19.8 Å². The molecule has 0 bridgehead atoms. The minimum absolute atomic E-state index is 0.00510. The molecule has 0 aliphatic carbocycles. The van der Waals surface area contributed by atoms with Crippen molar-refractivity contribution >= 4 is 11.9 Å². The number of aliphatic hydroxyl groups is 2. The van der Waals surface area contributed by atoms with Crippen LogP contribution in [0.25, 0.3) is 0 Å². The van der Waals surface area contributed by atoms with E-state index in [0.29, 0.717) is 25.9 Å². The van der Waals surface area contributed by atoms with Crippen LogP contribution in [0.15, 0.2) is 12.2 Å². The minimum atomic E-state index is -0.665. The highest BCUT2D eigenvalue weighted by molar-refractivity contribution is 5.76. The molecule has 0 radical (unpaired) electrons. The van der Waals surface area contributed by atoms with Crippen molar-refractivity contribution in [1.82, 2.24) is 5.32 Å². The quantitative estimate of drug-likeness (QED) is 0.0321. The molecule has 0 aromatic heterocycles. The fraction of sp³-hybridized carbons (Fsp3) is 0.929. The highest BCUT2D eigenvalue weighted by atomic mass is 16.5. The van der Waals surface area contributed by atoms with Gasteiger partial charge in [0.2, 0.25) is 5.91 Å². The summed E-state index contributed by atoms with van der Waals surface area (Å²) in [6.45, 7) is 4.93. The van der Waals surface area contributed by atoms with Crippen LogP contribution in [0.1, 0.15) is 309 Å². The van der Waals surface area contributed by atoms with E-state index in [2.05, 4.69) is 31.3 Å². The third kappa shape index (κ3) is 48.1. The van der Waals surface area contributed by atoms with Gasteiger partial charge in [-0.2, -0.15) is 0 Å². The van der Waals surface area contributed by atoms with Gasteiger partial charge in [-0.1, -0.05) is 257 Å². The van der Waals surface area contributed by atoms with E-state index in [1.807, 2.05) is 0 Å². The van der Waals surface area contributed by atoms with Crippen LogP contribution in [-0.4, -0.2) is 47.4 Å². The first kappa shape index (κ1) is 60.6. The number of aliphatic hydroxyl groups excluding tert-OH is 2. The molecule has 3 N–H and O–H groups in total. The van der Waals surface area contributed by atoms with Crippen LogP contribution in [0, 0.1) is 0 Å². The smallest absolute Gasteiger partial charge is 0.305 e. The van der Waals surface area contributed by atoms with E-state index in [1.165, 1.54) is 231 Å². The second-order valence-corrected chi connectivity index (χ2v) is 19.3. The molecule has 6 nitrogen and oxygen atoms in total. The number of rotatable bonds is 52. The Balaban J connectivity index is 3.36. The maximum absolute atomic E-state index is 12.4. The summed E-state index contributed by atoms with van der Waals surface area (Å²) in [5, 5.41) is 23.1. The monoisotopic (exact) mass is 876 g/mol. The van der Waals surface area contributed by atoms with Crippen molar-refractivity contribution in [3.63, 3.8) is 0 Å². The Labute approximate surface area is 387 Å². The molecule has 0 saturated carbocycles. The molecule has 6 heteroatoms. The highest BCUT2D eigenvalue weighted by Gasteiger charge is 2.20. The summed E-state index contributed by atoms with van der Waals surface area (Å²) in [6.07, 6.45) is 60.6. The van der Waals surface area contributed by atoms with Gasteiger partial charge in [0.25, 0.3) is 0 Å². The Morgan fingerprint density at radius 3 is 1.15 bits per heavy atom. The predicted molar refractivity (Wildman–Crippen MR) is 269 cm³/mol. The molecule has 0 aliphatic heterocycles. The van der Waals surface area contributed by atoms with Crippen LogP contribution >= 0.6 is 0 Å². The standard InChI is InChI=1S/C56H109NO5/c1-3-5-7-9-11-13-14-15-16-17-18-21-24-27-30-34-38-42-46-50-56(61)62-51-47-43-39-35-31-28-25-22-19-20-23-26-29-33-37-41-45-49-55(60)57-53(52-58)54(59)48-44-40-36-32-12-10-8-6-4-2/h15-16,53-54,58-59H,3-14,17-52H2,1-2H3,(H,57,60)/b16-15-. The van der Waals surface area contributed by atoms with Crippen LogP contribution in [0.2, 0.25) is 0 Å². The number of amides is 1. The summed E-state index contributed by atoms with van der Waals surface area (Å²) in [4.78, 5) is 24.5. The van der Waals surface area contributed by atoms with Crippen molar-refractivity contribution in [2.24, 2.45) is 0 Å². The number of carbonyl (C=O) groups is 2. The third-order valence-electron chi connectivity index (χ3n) is 13.1. The number of hydrogen-bond donors (Lipinski definition) is 3. The molecule has 62 heavy (non-hydrogen) atoms. The van der Waals surface area contributed by atoms with Gasteiger partial charge in [-0.3, -0.25) is 9.59 Å². The lowest BCUT2D eigenvalue weighted by Gasteiger charge is -2.22. The van der Waals surface area contributed by atoms with E-state index in [1.54, 1.807) is 0 Å². The minimum Gasteiger partial charge on any atom is -0.466 e. The van der Waals surface area contributed by atoms with Gasteiger partial charge in [-0.05, 0) is 51.4 Å². The van der Waals surface area contributed by atoms with Gasteiger partial charge in [0.05, 0.1) is 25.4 Å². The van der Waals surface area contributed by atoms with Gasteiger partial charge in [-0.15, -0.1) is 0 Å². The molecule has 2 atom stereocenters. The summed E-state index contributed by atoms with van der Waals surface area (Å²) >= 11 is 0. The summed E-state index contributed by atoms with van der Waals surface area (Å²) in [6, 6.07) is -0.542. The first-order chi connectivity index (χ1) is 30.5. The maximum atomic E-state index is 12.4. The van der Waals surface area contributed by atoms with Crippen molar-refractivity contribution in [2.75, 3.05) is 13.2 Å². The van der Waals surface area contributed by atoms with Crippen molar-refractivity contribution in [3.05, 3.63) is 12.2 Å². The molecule has 368 valence electrons. The zero-order chi connectivity index (χ0) is 45.1. The van der Waals surface area contributed by atoms with Gasteiger partial charge < -0.3 is 20.3 Å². The number of nitrogens with one attached hydrogen (secondary N) is 1. The van der Waals surface area contributed by atoms with Crippen molar-refractivity contribution < 1.29 is 24.5 Å². The molecule has 0 aromatic carbocycles. The molecule has 0 rings (SSSR count). The van der Waals surface area contributed by atoms with Gasteiger partial charge in [0, 0.05) is 12.8 Å². The normalized spacial score (nSPS) is 12.6. The Hall–Kier alpha value is -1.40. The topological polar surface area (TPSA) is 95.9 Å². The second kappa shape index (κ2) is 52.2. The van der Waals surface area contributed by atoms with Crippen LogP contribution in [0.3, 0.4) is 0 Å². The lowest BCUT2D eigenvalue weighted by Crippen LogP contribution is -2.45. The van der Waals surface area contributed by atoms with Crippen molar-refractivity contribution in [3.8, 4) is 0 Å². The Kier molecular flexibility index (Phi) is 51.0. The van der Waals surface area contributed by atoms with Gasteiger partial charge in [0.1, 0.15) is 0 Å². The van der Waals surface area contributed by atoms with E-state index >= 15 is 0 Å². The molecule has 0 heterocycles. The second-order valence-electron chi connectivity index (χ2n) is 19.3. The number of esters is 1. The summed E-state index contributed by atoms with van der Waals surface area (Å²) in [5.74, 6) is -0.0368. The van der Waals surface area contributed by atoms with Crippen LogP contribution in [0.4, 0.5) is 0 Å². The molecule has 0 saturated heterocycles.